The Balaban J connectivity index is 1.56. The SMILES string of the molecule is C=C1NC(=O)c2c(NCC)ncnc2N1CCN(CCCCN)CCn1c(=O)[nH]c(=O)c2c(N)ncnc21. The zero-order valence-electron chi connectivity index (χ0n) is 21.2. The molecule has 1 aliphatic rings. The van der Waals surface area contributed by atoms with Gasteiger partial charge >= 0.3 is 5.69 Å². The molecule has 0 aliphatic carbocycles. The van der Waals surface area contributed by atoms with Crippen molar-refractivity contribution in [2.45, 2.75) is 26.3 Å². The number of hydrogen-bond acceptors (Lipinski definition) is 12. The minimum atomic E-state index is -0.623. The molecule has 0 atom stereocenters. The monoisotopic (exact) mass is 524 g/mol. The van der Waals surface area contributed by atoms with Crippen LogP contribution in [0.25, 0.3) is 11.0 Å². The number of H-pyrrole nitrogens is 1. The Morgan fingerprint density at radius 2 is 1.82 bits per heavy atom. The standard InChI is InChI=1S/C23H32N12O3/c1-3-26-18-16-20(30-13-28-18)34(14(2)31-22(16)37)10-8-33(7-5-4-6-24)9-11-35-19-15(17(25)27-12-29-19)21(36)32-23(35)38/h12-13H,2-11,24H2,1H3,(H,31,37)(H2,25,27,29)(H,26,28,30)(H,32,36,38). The van der Waals surface area contributed by atoms with Crippen molar-refractivity contribution in [1.29, 1.82) is 0 Å². The first-order valence-corrected chi connectivity index (χ1v) is 12.4. The first kappa shape index (κ1) is 26.7. The number of nitrogens with two attached hydrogens (primary N) is 2. The second-order valence-corrected chi connectivity index (χ2v) is 8.71. The van der Waals surface area contributed by atoms with Crippen LogP contribution in [0.3, 0.4) is 0 Å². The average Bonchev–Trinajstić information content (AvgIpc) is 2.88. The fourth-order valence-corrected chi connectivity index (χ4v) is 4.36. The maximum atomic E-state index is 12.7. The number of anilines is 3. The number of amides is 1. The number of carbonyl (C=O) groups is 1. The Bertz CT molecular complexity index is 1450. The van der Waals surface area contributed by atoms with Gasteiger partial charge in [-0.2, -0.15) is 0 Å². The molecular formula is C23H32N12O3. The van der Waals surface area contributed by atoms with Crippen LogP contribution >= 0.6 is 0 Å². The molecule has 0 radical (unpaired) electrons. The van der Waals surface area contributed by atoms with Gasteiger partial charge in [0.1, 0.15) is 41.1 Å². The van der Waals surface area contributed by atoms with Crippen LogP contribution in [0.4, 0.5) is 17.5 Å². The van der Waals surface area contributed by atoms with Crippen LogP contribution in [0.2, 0.25) is 0 Å². The molecule has 15 heteroatoms. The van der Waals surface area contributed by atoms with Gasteiger partial charge in [0.15, 0.2) is 11.5 Å². The maximum Gasteiger partial charge on any atom is 0.330 e. The highest BCUT2D eigenvalue weighted by atomic mass is 16.2. The predicted octanol–water partition coefficient (Wildman–Crippen LogP) is -0.954. The van der Waals surface area contributed by atoms with Gasteiger partial charge in [-0.1, -0.05) is 6.58 Å². The molecule has 0 unspecified atom stereocenters. The molecule has 0 aromatic carbocycles. The topological polar surface area (TPSA) is 206 Å². The highest BCUT2D eigenvalue weighted by molar-refractivity contribution is 6.06. The number of nitrogens with one attached hydrogen (secondary N) is 3. The molecule has 38 heavy (non-hydrogen) atoms. The molecule has 3 aromatic heterocycles. The lowest BCUT2D eigenvalue weighted by Crippen LogP contribution is -2.46. The normalized spacial score (nSPS) is 13.2. The first-order valence-electron chi connectivity index (χ1n) is 12.4. The van der Waals surface area contributed by atoms with Crippen molar-refractivity contribution in [3.63, 3.8) is 0 Å². The summed E-state index contributed by atoms with van der Waals surface area (Å²) in [6.45, 7) is 9.57. The summed E-state index contributed by atoms with van der Waals surface area (Å²) < 4.78 is 1.38. The number of nitrogens with zero attached hydrogens (tertiary/aromatic N) is 7. The summed E-state index contributed by atoms with van der Waals surface area (Å²) in [7, 11) is 0. The zero-order valence-corrected chi connectivity index (χ0v) is 21.2. The van der Waals surface area contributed by atoms with Crippen LogP contribution < -0.4 is 38.2 Å². The van der Waals surface area contributed by atoms with Crippen molar-refractivity contribution < 1.29 is 4.79 Å². The van der Waals surface area contributed by atoms with E-state index in [2.05, 4.69) is 47.0 Å². The Kier molecular flexibility index (Phi) is 8.28. The van der Waals surface area contributed by atoms with Gasteiger partial charge < -0.3 is 27.0 Å². The molecule has 4 rings (SSSR count). The lowest BCUT2D eigenvalue weighted by atomic mass is 10.2. The van der Waals surface area contributed by atoms with Crippen LogP contribution in [0.1, 0.15) is 30.1 Å². The smallest absolute Gasteiger partial charge is 0.330 e. The number of carbonyl (C=O) groups excluding carboxylic acids is 1. The van der Waals surface area contributed by atoms with E-state index in [-0.39, 0.29) is 29.3 Å². The van der Waals surface area contributed by atoms with E-state index in [0.717, 1.165) is 19.4 Å². The van der Waals surface area contributed by atoms with Crippen molar-refractivity contribution in [3.05, 3.63) is 51.5 Å². The number of hydrogen-bond donors (Lipinski definition) is 5. The van der Waals surface area contributed by atoms with E-state index in [0.29, 0.717) is 55.7 Å². The number of nitrogen functional groups attached to an aromatic ring is 1. The Morgan fingerprint density at radius 1 is 1.05 bits per heavy atom. The van der Waals surface area contributed by atoms with Crippen LogP contribution in [-0.4, -0.2) is 79.6 Å². The molecule has 0 saturated heterocycles. The largest absolute Gasteiger partial charge is 0.383 e. The van der Waals surface area contributed by atoms with Crippen molar-refractivity contribution in [2.24, 2.45) is 5.73 Å². The molecule has 0 bridgehead atoms. The van der Waals surface area contributed by atoms with Crippen LogP contribution in [-0.2, 0) is 6.54 Å². The Labute approximate surface area is 218 Å². The number of fused-ring (bicyclic) bond motifs is 2. The highest BCUT2D eigenvalue weighted by Gasteiger charge is 2.30. The summed E-state index contributed by atoms with van der Waals surface area (Å²) in [6, 6.07) is 0. The van der Waals surface area contributed by atoms with Crippen molar-refractivity contribution in [3.8, 4) is 0 Å². The van der Waals surface area contributed by atoms with Crippen LogP contribution in [0.5, 0.6) is 0 Å². The van der Waals surface area contributed by atoms with Gasteiger partial charge in [0.25, 0.3) is 11.5 Å². The second-order valence-electron chi connectivity index (χ2n) is 8.71. The summed E-state index contributed by atoms with van der Waals surface area (Å²) in [5.74, 6) is 1.04. The molecular weight excluding hydrogens is 492 g/mol. The fourth-order valence-electron chi connectivity index (χ4n) is 4.36. The van der Waals surface area contributed by atoms with Gasteiger partial charge in [-0.3, -0.25) is 24.0 Å². The first-order chi connectivity index (χ1) is 18.3. The summed E-state index contributed by atoms with van der Waals surface area (Å²) in [4.78, 5) is 60.5. The molecule has 1 aliphatic heterocycles. The molecule has 0 spiro atoms. The van der Waals surface area contributed by atoms with E-state index in [1.54, 1.807) is 0 Å². The Morgan fingerprint density at radius 3 is 2.58 bits per heavy atom. The number of aromatic nitrogens is 6. The van der Waals surface area contributed by atoms with Gasteiger partial charge in [0, 0.05) is 32.7 Å². The van der Waals surface area contributed by atoms with Crippen LogP contribution in [0.15, 0.2) is 34.6 Å². The number of rotatable bonds is 12. The van der Waals surface area contributed by atoms with E-state index in [4.69, 9.17) is 11.5 Å². The fraction of sp³-hybridized carbons (Fsp3) is 0.435. The number of unbranched alkanes of at least 4 members (excludes halogenated alkanes) is 1. The third kappa shape index (κ3) is 5.47. The minimum Gasteiger partial charge on any atom is -0.383 e. The molecule has 202 valence electrons. The van der Waals surface area contributed by atoms with Gasteiger partial charge in [-0.25, -0.2) is 24.7 Å². The van der Waals surface area contributed by atoms with E-state index in [1.807, 2.05) is 11.8 Å². The molecule has 4 heterocycles. The van der Waals surface area contributed by atoms with Crippen molar-refractivity contribution in [2.75, 3.05) is 55.2 Å². The van der Waals surface area contributed by atoms with E-state index in [1.165, 1.54) is 17.2 Å². The van der Waals surface area contributed by atoms with Gasteiger partial charge in [0.2, 0.25) is 0 Å². The van der Waals surface area contributed by atoms with E-state index in [9.17, 15) is 14.4 Å². The third-order valence-corrected chi connectivity index (χ3v) is 6.25. The van der Waals surface area contributed by atoms with Gasteiger partial charge in [-0.05, 0) is 32.9 Å². The summed E-state index contributed by atoms with van der Waals surface area (Å²) >= 11 is 0. The molecule has 1 amide bonds. The molecule has 3 aromatic rings. The second kappa shape index (κ2) is 11.8. The average molecular weight is 525 g/mol. The van der Waals surface area contributed by atoms with Crippen molar-refractivity contribution in [1.82, 2.24) is 39.7 Å². The summed E-state index contributed by atoms with van der Waals surface area (Å²) in [5.41, 5.74) is 10.9. The lowest BCUT2D eigenvalue weighted by Gasteiger charge is -2.34. The van der Waals surface area contributed by atoms with Gasteiger partial charge in [0.05, 0.1) is 0 Å². The predicted molar refractivity (Wildman–Crippen MR) is 144 cm³/mol. The van der Waals surface area contributed by atoms with E-state index >= 15 is 0 Å². The Hall–Kier alpha value is -4.37. The lowest BCUT2D eigenvalue weighted by molar-refractivity contribution is 0.0960. The van der Waals surface area contributed by atoms with E-state index < -0.39 is 11.2 Å². The molecule has 7 N–H and O–H groups in total. The molecule has 15 nitrogen and oxygen atoms in total. The van der Waals surface area contributed by atoms with Crippen molar-refractivity contribution >= 4 is 34.4 Å². The van der Waals surface area contributed by atoms with Gasteiger partial charge in [-0.15, -0.1) is 0 Å². The number of aromatic amines is 1. The highest BCUT2D eigenvalue weighted by Crippen LogP contribution is 2.29. The third-order valence-electron chi connectivity index (χ3n) is 6.25. The van der Waals surface area contributed by atoms with Crippen LogP contribution in [0, 0.1) is 0 Å². The minimum absolute atomic E-state index is 0.00745. The summed E-state index contributed by atoms with van der Waals surface area (Å²) in [5, 5.41) is 5.97. The maximum absolute atomic E-state index is 12.7. The molecule has 0 saturated carbocycles. The zero-order chi connectivity index (χ0) is 27.2. The quantitative estimate of drug-likeness (QED) is 0.182. The summed E-state index contributed by atoms with van der Waals surface area (Å²) in [6.07, 6.45) is 4.34. The molecule has 0 fully saturated rings.